The molecule has 1 heterocycles. The fourth-order valence-corrected chi connectivity index (χ4v) is 4.13. The first-order chi connectivity index (χ1) is 7.93. The fraction of sp³-hybridized carbons (Fsp3) is 1.00. The number of rotatable bonds is 5. The maximum atomic E-state index is 12.2. The van der Waals surface area contributed by atoms with Gasteiger partial charge in [-0.25, -0.2) is 12.7 Å². The molecule has 1 saturated heterocycles. The molecule has 17 heavy (non-hydrogen) atoms. The molecule has 102 valence electrons. The Balaban J connectivity index is 2.64. The summed E-state index contributed by atoms with van der Waals surface area (Å²) < 4.78 is 26.0. The monoisotopic (exact) mass is 264 g/mol. The Labute approximate surface area is 104 Å². The second kappa shape index (κ2) is 6.13. The number of aliphatic hydroxyl groups is 1. The lowest BCUT2D eigenvalue weighted by atomic mass is 9.93. The zero-order valence-corrected chi connectivity index (χ0v) is 11.5. The zero-order valence-electron chi connectivity index (χ0n) is 10.7. The molecular weight excluding hydrogens is 240 g/mol. The first-order valence-electron chi connectivity index (χ1n) is 6.30. The molecule has 5 nitrogen and oxygen atoms in total. The maximum absolute atomic E-state index is 12.2. The Hall–Kier alpha value is -0.170. The van der Waals surface area contributed by atoms with Gasteiger partial charge in [0, 0.05) is 19.6 Å². The van der Waals surface area contributed by atoms with E-state index in [1.165, 1.54) is 4.31 Å². The number of hydrogen-bond donors (Lipinski definition) is 2. The lowest BCUT2D eigenvalue weighted by Gasteiger charge is -2.34. The van der Waals surface area contributed by atoms with E-state index in [1.807, 2.05) is 6.92 Å². The van der Waals surface area contributed by atoms with Gasteiger partial charge in [-0.15, -0.1) is 0 Å². The molecular formula is C11H24N2O3S. The zero-order chi connectivity index (χ0) is 13.1. The summed E-state index contributed by atoms with van der Waals surface area (Å²) in [6, 6.07) is 0. The van der Waals surface area contributed by atoms with E-state index < -0.39 is 15.3 Å². The number of nitrogens with zero attached hydrogens (tertiary/aromatic N) is 1. The summed E-state index contributed by atoms with van der Waals surface area (Å²) in [5, 5.41) is 9.01. The van der Waals surface area contributed by atoms with Crippen LogP contribution in [0.3, 0.4) is 0 Å². The third-order valence-electron chi connectivity index (χ3n) is 3.68. The molecule has 2 unspecified atom stereocenters. The van der Waals surface area contributed by atoms with Crippen molar-refractivity contribution in [2.24, 2.45) is 11.7 Å². The first kappa shape index (κ1) is 14.9. The largest absolute Gasteiger partial charge is 0.393 e. The van der Waals surface area contributed by atoms with Gasteiger partial charge in [0.25, 0.3) is 0 Å². The van der Waals surface area contributed by atoms with E-state index in [0.717, 1.165) is 12.8 Å². The average Bonchev–Trinajstić information content (AvgIpc) is 2.30. The van der Waals surface area contributed by atoms with Crippen molar-refractivity contribution < 1.29 is 13.5 Å². The highest BCUT2D eigenvalue weighted by Gasteiger charge is 2.33. The molecule has 0 aromatic rings. The summed E-state index contributed by atoms with van der Waals surface area (Å²) in [7, 11) is -3.25. The molecule has 0 aromatic heterocycles. The standard InChI is InChI=1S/C11H24N2O3S/c1-3-11(8-12)17(15,16)13-6-4-10(5-7-13)9(2)14/h9-11,14H,3-8,12H2,1-2H3. The Morgan fingerprint density at radius 2 is 1.94 bits per heavy atom. The highest BCUT2D eigenvalue weighted by Crippen LogP contribution is 2.24. The summed E-state index contributed by atoms with van der Waals surface area (Å²) in [5.74, 6) is 0.222. The van der Waals surface area contributed by atoms with Gasteiger partial charge in [0.15, 0.2) is 0 Å². The number of piperidine rings is 1. The van der Waals surface area contributed by atoms with Gasteiger partial charge >= 0.3 is 0 Å². The van der Waals surface area contributed by atoms with Crippen LogP contribution in [-0.4, -0.2) is 48.8 Å². The van der Waals surface area contributed by atoms with E-state index in [1.54, 1.807) is 6.92 Å². The van der Waals surface area contributed by atoms with Crippen LogP contribution in [0.15, 0.2) is 0 Å². The van der Waals surface area contributed by atoms with Crippen molar-refractivity contribution in [1.29, 1.82) is 0 Å². The summed E-state index contributed by atoms with van der Waals surface area (Å²) >= 11 is 0. The Kier molecular flexibility index (Phi) is 5.37. The Morgan fingerprint density at radius 1 is 1.41 bits per heavy atom. The van der Waals surface area contributed by atoms with Crippen molar-refractivity contribution in [3.8, 4) is 0 Å². The van der Waals surface area contributed by atoms with Crippen LogP contribution in [0.2, 0.25) is 0 Å². The van der Waals surface area contributed by atoms with E-state index >= 15 is 0 Å². The van der Waals surface area contributed by atoms with Crippen LogP contribution in [0.4, 0.5) is 0 Å². The van der Waals surface area contributed by atoms with Gasteiger partial charge in [0.2, 0.25) is 10.0 Å². The molecule has 0 aromatic carbocycles. The molecule has 1 aliphatic heterocycles. The average molecular weight is 264 g/mol. The minimum atomic E-state index is -3.25. The van der Waals surface area contributed by atoms with Gasteiger partial charge < -0.3 is 10.8 Å². The topological polar surface area (TPSA) is 83.6 Å². The predicted octanol–water partition coefficient (Wildman–Crippen LogP) is 0.146. The van der Waals surface area contributed by atoms with Crippen LogP contribution < -0.4 is 5.73 Å². The van der Waals surface area contributed by atoms with Crippen LogP contribution in [0, 0.1) is 5.92 Å². The van der Waals surface area contributed by atoms with Gasteiger partial charge in [0.1, 0.15) is 0 Å². The van der Waals surface area contributed by atoms with Crippen LogP contribution in [-0.2, 0) is 10.0 Å². The quantitative estimate of drug-likeness (QED) is 0.740. The molecule has 2 atom stereocenters. The smallest absolute Gasteiger partial charge is 0.218 e. The molecule has 0 radical (unpaired) electrons. The van der Waals surface area contributed by atoms with Crippen LogP contribution in [0.1, 0.15) is 33.1 Å². The Bertz CT molecular complexity index is 318. The van der Waals surface area contributed by atoms with Gasteiger partial charge in [-0.1, -0.05) is 6.92 Å². The molecule has 1 fully saturated rings. The fourth-order valence-electron chi connectivity index (χ4n) is 2.32. The lowest BCUT2D eigenvalue weighted by Crippen LogP contribution is -2.46. The highest BCUT2D eigenvalue weighted by atomic mass is 32.2. The molecule has 6 heteroatoms. The SMILES string of the molecule is CCC(CN)S(=O)(=O)N1CCC(C(C)O)CC1. The number of nitrogens with two attached hydrogens (primary N) is 1. The van der Waals surface area contributed by atoms with Crippen molar-refractivity contribution in [2.75, 3.05) is 19.6 Å². The molecule has 0 bridgehead atoms. The molecule has 1 rings (SSSR count). The number of sulfonamides is 1. The summed E-state index contributed by atoms with van der Waals surface area (Å²) in [6.07, 6.45) is 1.67. The molecule has 0 amide bonds. The van der Waals surface area contributed by atoms with Crippen molar-refractivity contribution >= 4 is 10.0 Å². The minimum Gasteiger partial charge on any atom is -0.393 e. The molecule has 1 aliphatic rings. The van der Waals surface area contributed by atoms with Crippen molar-refractivity contribution in [3.05, 3.63) is 0 Å². The first-order valence-corrected chi connectivity index (χ1v) is 7.80. The van der Waals surface area contributed by atoms with Gasteiger partial charge in [-0.3, -0.25) is 0 Å². The van der Waals surface area contributed by atoms with E-state index in [4.69, 9.17) is 5.73 Å². The molecule has 0 aliphatic carbocycles. The summed E-state index contributed by atoms with van der Waals surface area (Å²) in [6.45, 7) is 4.80. The third kappa shape index (κ3) is 3.40. The maximum Gasteiger partial charge on any atom is 0.218 e. The van der Waals surface area contributed by atoms with Crippen LogP contribution >= 0.6 is 0 Å². The van der Waals surface area contributed by atoms with Crippen LogP contribution in [0.5, 0.6) is 0 Å². The van der Waals surface area contributed by atoms with E-state index in [0.29, 0.717) is 19.5 Å². The minimum absolute atomic E-state index is 0.176. The predicted molar refractivity (Wildman–Crippen MR) is 68.0 cm³/mol. The molecule has 0 saturated carbocycles. The second-order valence-corrected chi connectivity index (χ2v) is 7.00. The lowest BCUT2D eigenvalue weighted by molar-refractivity contribution is 0.0910. The third-order valence-corrected chi connectivity index (χ3v) is 6.13. The van der Waals surface area contributed by atoms with E-state index in [9.17, 15) is 13.5 Å². The second-order valence-electron chi connectivity index (χ2n) is 4.79. The molecule has 0 spiro atoms. The summed E-state index contributed by atoms with van der Waals surface area (Å²) in [5.41, 5.74) is 5.51. The summed E-state index contributed by atoms with van der Waals surface area (Å²) in [4.78, 5) is 0. The van der Waals surface area contributed by atoms with E-state index in [2.05, 4.69) is 0 Å². The van der Waals surface area contributed by atoms with Gasteiger partial charge in [0.05, 0.1) is 11.4 Å². The number of aliphatic hydroxyl groups excluding tert-OH is 1. The van der Waals surface area contributed by atoms with Crippen LogP contribution in [0.25, 0.3) is 0 Å². The van der Waals surface area contributed by atoms with E-state index in [-0.39, 0.29) is 18.6 Å². The Morgan fingerprint density at radius 3 is 2.29 bits per heavy atom. The van der Waals surface area contributed by atoms with Gasteiger partial charge in [-0.05, 0) is 32.1 Å². The molecule has 3 N–H and O–H groups in total. The number of hydrogen-bond acceptors (Lipinski definition) is 4. The highest BCUT2D eigenvalue weighted by molar-refractivity contribution is 7.89. The van der Waals surface area contributed by atoms with Gasteiger partial charge in [-0.2, -0.15) is 0 Å². The normalized spacial score (nSPS) is 23.5. The van der Waals surface area contributed by atoms with Crippen molar-refractivity contribution in [1.82, 2.24) is 4.31 Å². The van der Waals surface area contributed by atoms with Crippen molar-refractivity contribution in [3.63, 3.8) is 0 Å². The van der Waals surface area contributed by atoms with Crippen molar-refractivity contribution in [2.45, 2.75) is 44.5 Å².